The highest BCUT2D eigenvalue weighted by Gasteiger charge is 2.50. The molecule has 1 heterocycles. The molecule has 184 valence electrons. The number of ether oxygens (including phenoxy) is 5. The van der Waals surface area contributed by atoms with Crippen LogP contribution in [0.2, 0.25) is 0 Å². The lowest BCUT2D eigenvalue weighted by molar-refractivity contribution is -0.280. The van der Waals surface area contributed by atoms with E-state index in [0.717, 1.165) is 5.56 Å². The van der Waals surface area contributed by atoms with E-state index < -0.39 is 48.6 Å². The van der Waals surface area contributed by atoms with Crippen molar-refractivity contribution in [3.63, 3.8) is 0 Å². The minimum absolute atomic E-state index is 0.0739. The quantitative estimate of drug-likeness (QED) is 0.173. The average molecular weight is 483 g/mol. The lowest BCUT2D eigenvalue weighted by atomic mass is 9.96. The Morgan fingerprint density at radius 1 is 0.943 bits per heavy atom. The van der Waals surface area contributed by atoms with Crippen LogP contribution in [0, 0.1) is 0 Å². The Labute approximate surface area is 201 Å². The molecule has 1 aliphatic rings. The predicted molar refractivity (Wildman–Crippen MR) is 121 cm³/mol. The fraction of sp³-hybridized carbons (Fsp3) is 0.375. The molecule has 0 amide bonds. The molecular formula is C24H25N3O8. The second-order valence-corrected chi connectivity index (χ2v) is 7.65. The first-order chi connectivity index (χ1) is 16.9. The Kier molecular flexibility index (Phi) is 9.19. The minimum atomic E-state index is -1.32. The van der Waals surface area contributed by atoms with Gasteiger partial charge in [0.2, 0.25) is 6.29 Å². The van der Waals surface area contributed by atoms with E-state index in [-0.39, 0.29) is 13.2 Å². The molecule has 0 saturated carbocycles. The fourth-order valence-corrected chi connectivity index (χ4v) is 3.58. The number of hydrogen-bond acceptors (Lipinski definition) is 9. The zero-order chi connectivity index (χ0) is 25.2. The minimum Gasteiger partial charge on any atom is -0.459 e. The van der Waals surface area contributed by atoms with E-state index in [0.29, 0.717) is 5.56 Å². The number of esters is 3. The van der Waals surface area contributed by atoms with E-state index in [4.69, 9.17) is 23.7 Å². The van der Waals surface area contributed by atoms with Crippen molar-refractivity contribution in [2.24, 2.45) is 5.11 Å². The first kappa shape index (κ1) is 25.7. The van der Waals surface area contributed by atoms with Gasteiger partial charge in [0.25, 0.3) is 0 Å². The van der Waals surface area contributed by atoms with E-state index in [9.17, 15) is 19.9 Å². The van der Waals surface area contributed by atoms with Gasteiger partial charge in [0, 0.05) is 18.8 Å². The molecule has 2 aromatic rings. The summed E-state index contributed by atoms with van der Waals surface area (Å²) >= 11 is 0. The van der Waals surface area contributed by atoms with Crippen molar-refractivity contribution >= 4 is 17.9 Å². The van der Waals surface area contributed by atoms with Crippen molar-refractivity contribution < 1.29 is 38.1 Å². The Morgan fingerprint density at radius 2 is 1.57 bits per heavy atom. The van der Waals surface area contributed by atoms with E-state index >= 15 is 0 Å². The molecule has 1 fully saturated rings. The number of nitrogens with zero attached hydrogens (tertiary/aromatic N) is 3. The molecule has 1 saturated heterocycles. The van der Waals surface area contributed by atoms with Gasteiger partial charge < -0.3 is 23.7 Å². The predicted octanol–water partition coefficient (Wildman–Crippen LogP) is 3.33. The van der Waals surface area contributed by atoms with Crippen molar-refractivity contribution in [2.45, 2.75) is 51.1 Å². The first-order valence-electron chi connectivity index (χ1n) is 10.8. The molecule has 5 atom stereocenters. The summed E-state index contributed by atoms with van der Waals surface area (Å²) in [5, 5.41) is 3.77. The Hall–Kier alpha value is -3.92. The molecule has 0 aliphatic carbocycles. The number of carbonyl (C=O) groups excluding carboxylic acids is 3. The summed E-state index contributed by atoms with van der Waals surface area (Å²) in [4.78, 5) is 38.9. The maximum atomic E-state index is 12.4. The molecule has 0 spiro atoms. The van der Waals surface area contributed by atoms with Crippen LogP contribution in [-0.4, -0.2) is 55.2 Å². The zero-order valence-electron chi connectivity index (χ0n) is 19.2. The summed E-state index contributed by atoms with van der Waals surface area (Å²) < 4.78 is 27.9. The largest absolute Gasteiger partial charge is 0.459 e. The molecule has 11 heteroatoms. The molecule has 0 bridgehead atoms. The second-order valence-electron chi connectivity index (χ2n) is 7.65. The van der Waals surface area contributed by atoms with E-state index in [2.05, 4.69) is 10.0 Å². The van der Waals surface area contributed by atoms with E-state index in [1.807, 2.05) is 30.3 Å². The maximum absolute atomic E-state index is 12.4. The van der Waals surface area contributed by atoms with Crippen LogP contribution in [0.15, 0.2) is 65.8 Å². The maximum Gasteiger partial charge on any atom is 0.338 e. The molecule has 2 aromatic carbocycles. The topological polar surface area (TPSA) is 146 Å². The molecule has 1 aliphatic heterocycles. The zero-order valence-corrected chi connectivity index (χ0v) is 19.2. The molecule has 1 unspecified atom stereocenters. The van der Waals surface area contributed by atoms with Crippen molar-refractivity contribution in [3.05, 3.63) is 82.2 Å². The molecule has 0 N–H and O–H groups in total. The number of rotatable bonds is 9. The summed E-state index contributed by atoms with van der Waals surface area (Å²) in [6.07, 6.45) is -4.72. The standard InChI is InChI=1S/C24H25N3O8/c1-15(28)33-21-19(14-32-23(30)18-11-7-4-8-12-18)35-24(34-16(2)29)22(20(21)26-27-25)31-13-17-9-5-3-6-10-17/h3-12,19-22,24H,13-14H2,1-2H3/t19-,20+,21+,22-,24?/m1/s1. The third-order valence-electron chi connectivity index (χ3n) is 5.06. The molecule has 3 rings (SSSR count). The van der Waals surface area contributed by atoms with Crippen molar-refractivity contribution in [1.82, 2.24) is 0 Å². The Morgan fingerprint density at radius 3 is 2.17 bits per heavy atom. The summed E-state index contributed by atoms with van der Waals surface area (Å²) in [5.74, 6) is -1.99. The van der Waals surface area contributed by atoms with Crippen molar-refractivity contribution in [3.8, 4) is 0 Å². The van der Waals surface area contributed by atoms with Gasteiger partial charge in [-0.05, 0) is 23.2 Å². The van der Waals surface area contributed by atoms with Crippen LogP contribution in [0.25, 0.3) is 10.4 Å². The highest BCUT2D eigenvalue weighted by atomic mass is 16.7. The fourth-order valence-electron chi connectivity index (χ4n) is 3.58. The Bertz CT molecular complexity index is 1060. The summed E-state index contributed by atoms with van der Waals surface area (Å²) in [6, 6.07) is 16.2. The van der Waals surface area contributed by atoms with E-state index in [1.54, 1.807) is 30.3 Å². The van der Waals surface area contributed by atoms with E-state index in [1.165, 1.54) is 13.8 Å². The van der Waals surface area contributed by atoms with Gasteiger partial charge in [-0.3, -0.25) is 9.59 Å². The van der Waals surface area contributed by atoms with Gasteiger partial charge in [-0.2, -0.15) is 0 Å². The second kappa shape index (κ2) is 12.5. The Balaban J connectivity index is 1.86. The number of benzene rings is 2. The summed E-state index contributed by atoms with van der Waals surface area (Å²) in [5.41, 5.74) is 10.3. The third kappa shape index (κ3) is 7.28. The number of carbonyl (C=O) groups is 3. The molecule has 11 nitrogen and oxygen atoms in total. The van der Waals surface area contributed by atoms with Crippen molar-refractivity contribution in [2.75, 3.05) is 6.61 Å². The van der Waals surface area contributed by atoms with Gasteiger partial charge in [-0.1, -0.05) is 53.6 Å². The molecular weight excluding hydrogens is 458 g/mol. The third-order valence-corrected chi connectivity index (χ3v) is 5.06. The van der Waals surface area contributed by atoms with Gasteiger partial charge in [-0.15, -0.1) is 0 Å². The smallest absolute Gasteiger partial charge is 0.338 e. The van der Waals surface area contributed by atoms with Gasteiger partial charge in [0.05, 0.1) is 12.2 Å². The van der Waals surface area contributed by atoms with Crippen LogP contribution in [0.1, 0.15) is 29.8 Å². The first-order valence-corrected chi connectivity index (χ1v) is 10.8. The van der Waals surface area contributed by atoms with Crippen LogP contribution in [0.4, 0.5) is 0 Å². The number of hydrogen-bond donors (Lipinski definition) is 0. The van der Waals surface area contributed by atoms with Gasteiger partial charge in [0.1, 0.15) is 31.0 Å². The summed E-state index contributed by atoms with van der Waals surface area (Å²) in [6.45, 7) is 2.07. The summed E-state index contributed by atoms with van der Waals surface area (Å²) in [7, 11) is 0. The number of azide groups is 1. The monoisotopic (exact) mass is 483 g/mol. The van der Waals surface area contributed by atoms with Crippen LogP contribution < -0.4 is 0 Å². The highest BCUT2D eigenvalue weighted by molar-refractivity contribution is 5.89. The average Bonchev–Trinajstić information content (AvgIpc) is 2.84. The van der Waals surface area contributed by atoms with Gasteiger partial charge >= 0.3 is 17.9 Å². The van der Waals surface area contributed by atoms with Crippen LogP contribution in [0.3, 0.4) is 0 Å². The van der Waals surface area contributed by atoms with Gasteiger partial charge in [0.15, 0.2) is 0 Å². The highest BCUT2D eigenvalue weighted by Crippen LogP contribution is 2.30. The SMILES string of the molecule is CC(=O)OC1O[C@H](COC(=O)c2ccccc2)[C@H](OC(C)=O)[C@H](N=[N+]=[N-])[C@H]1OCc1ccccc1. The van der Waals surface area contributed by atoms with Crippen molar-refractivity contribution in [1.29, 1.82) is 0 Å². The lowest BCUT2D eigenvalue weighted by Gasteiger charge is -2.43. The van der Waals surface area contributed by atoms with Crippen LogP contribution in [0.5, 0.6) is 0 Å². The lowest BCUT2D eigenvalue weighted by Crippen LogP contribution is -2.60. The molecule has 0 radical (unpaired) electrons. The van der Waals surface area contributed by atoms with Gasteiger partial charge in [-0.25, -0.2) is 4.79 Å². The van der Waals surface area contributed by atoms with Crippen LogP contribution in [-0.2, 0) is 39.9 Å². The molecule has 35 heavy (non-hydrogen) atoms. The van der Waals surface area contributed by atoms with Crippen LogP contribution >= 0.6 is 0 Å². The molecule has 0 aromatic heterocycles. The normalized spacial score (nSPS) is 23.4.